The Morgan fingerprint density at radius 1 is 1.11 bits per heavy atom. The summed E-state index contributed by atoms with van der Waals surface area (Å²) in [5.41, 5.74) is 6.68. The molecule has 2 nitrogen and oxygen atoms in total. The van der Waals surface area contributed by atoms with Gasteiger partial charge in [0.15, 0.2) is 0 Å². The molecule has 0 spiro atoms. The highest BCUT2D eigenvalue weighted by Crippen LogP contribution is 2.41. The van der Waals surface area contributed by atoms with Crippen molar-refractivity contribution in [2.45, 2.75) is 78.3 Å². The predicted molar refractivity (Wildman–Crippen MR) is 83.1 cm³/mol. The minimum absolute atomic E-state index is 0.437. The number of likely N-dealkylation sites (tertiary alicyclic amines) is 1. The molecule has 2 heteroatoms. The van der Waals surface area contributed by atoms with Crippen molar-refractivity contribution in [3.05, 3.63) is 0 Å². The summed E-state index contributed by atoms with van der Waals surface area (Å²) in [6.45, 7) is 12.0. The highest BCUT2D eigenvalue weighted by atomic mass is 15.2. The molecule has 2 rings (SSSR count). The van der Waals surface area contributed by atoms with Crippen molar-refractivity contribution in [3.8, 4) is 0 Å². The van der Waals surface area contributed by atoms with Crippen LogP contribution in [0.1, 0.15) is 66.2 Å². The Kier molecular flexibility index (Phi) is 4.94. The molecule has 2 fully saturated rings. The van der Waals surface area contributed by atoms with Crippen molar-refractivity contribution in [2.24, 2.45) is 23.0 Å². The van der Waals surface area contributed by atoms with Crippen molar-refractivity contribution in [3.63, 3.8) is 0 Å². The molecule has 0 radical (unpaired) electrons. The highest BCUT2D eigenvalue weighted by molar-refractivity contribution is 4.89. The second-order valence-electron chi connectivity index (χ2n) is 7.77. The molecule has 0 aromatic rings. The number of rotatable bonds is 3. The number of piperidine rings is 1. The van der Waals surface area contributed by atoms with E-state index in [1.54, 1.807) is 0 Å². The van der Waals surface area contributed by atoms with Gasteiger partial charge in [0.2, 0.25) is 0 Å². The zero-order chi connectivity index (χ0) is 14.0. The van der Waals surface area contributed by atoms with E-state index in [9.17, 15) is 0 Å². The van der Waals surface area contributed by atoms with Crippen LogP contribution in [0.15, 0.2) is 0 Å². The quantitative estimate of drug-likeness (QED) is 0.845. The van der Waals surface area contributed by atoms with E-state index in [1.165, 1.54) is 51.6 Å². The van der Waals surface area contributed by atoms with Gasteiger partial charge in [0.25, 0.3) is 0 Å². The summed E-state index contributed by atoms with van der Waals surface area (Å²) in [5, 5.41) is 0. The maximum absolute atomic E-state index is 6.14. The lowest BCUT2D eigenvalue weighted by molar-refractivity contribution is 0.0561. The molecule has 1 saturated carbocycles. The number of hydrogen-bond donors (Lipinski definition) is 1. The van der Waals surface area contributed by atoms with Gasteiger partial charge < -0.3 is 10.6 Å². The van der Waals surface area contributed by atoms with Crippen LogP contribution in [0.4, 0.5) is 0 Å². The fraction of sp³-hybridized carbons (Fsp3) is 1.00. The van der Waals surface area contributed by atoms with E-state index in [4.69, 9.17) is 5.73 Å². The first-order chi connectivity index (χ1) is 8.94. The molecule has 112 valence electrons. The summed E-state index contributed by atoms with van der Waals surface area (Å²) in [7, 11) is 0. The average Bonchev–Trinajstić information content (AvgIpc) is 2.42. The zero-order valence-corrected chi connectivity index (χ0v) is 13.5. The molecule has 2 N–H and O–H groups in total. The van der Waals surface area contributed by atoms with Gasteiger partial charge in [0.1, 0.15) is 0 Å². The summed E-state index contributed by atoms with van der Waals surface area (Å²) in [4.78, 5) is 2.74. The first-order valence-electron chi connectivity index (χ1n) is 8.43. The second kappa shape index (κ2) is 6.13. The van der Waals surface area contributed by atoms with Crippen molar-refractivity contribution in [1.29, 1.82) is 0 Å². The Morgan fingerprint density at radius 3 is 2.26 bits per heavy atom. The normalized spacial score (nSPS) is 38.4. The van der Waals surface area contributed by atoms with Crippen LogP contribution in [0, 0.1) is 17.3 Å². The van der Waals surface area contributed by atoms with Crippen LogP contribution in [-0.2, 0) is 0 Å². The van der Waals surface area contributed by atoms with Crippen LogP contribution >= 0.6 is 0 Å². The van der Waals surface area contributed by atoms with E-state index in [2.05, 4.69) is 32.6 Å². The lowest BCUT2D eigenvalue weighted by Gasteiger charge is -2.45. The Morgan fingerprint density at radius 2 is 1.74 bits per heavy atom. The fourth-order valence-corrected chi connectivity index (χ4v) is 4.04. The average molecular weight is 266 g/mol. The minimum atomic E-state index is 0.437. The Labute approximate surface area is 120 Å². The molecule has 2 atom stereocenters. The van der Waals surface area contributed by atoms with Gasteiger partial charge in [0.05, 0.1) is 0 Å². The van der Waals surface area contributed by atoms with E-state index in [1.807, 2.05) is 0 Å². The Hall–Kier alpha value is -0.0800. The minimum Gasteiger partial charge on any atom is -0.327 e. The first kappa shape index (κ1) is 15.3. The Balaban J connectivity index is 1.83. The number of hydrogen-bond acceptors (Lipinski definition) is 2. The van der Waals surface area contributed by atoms with Gasteiger partial charge in [-0.1, -0.05) is 34.1 Å². The summed E-state index contributed by atoms with van der Waals surface area (Å²) in [6, 6.07) is 1.28. The van der Waals surface area contributed by atoms with Gasteiger partial charge in [-0.2, -0.15) is 0 Å². The van der Waals surface area contributed by atoms with Gasteiger partial charge in [-0.15, -0.1) is 0 Å². The third-order valence-electron chi connectivity index (χ3n) is 6.23. The van der Waals surface area contributed by atoms with Crippen LogP contribution < -0.4 is 5.73 Å². The topological polar surface area (TPSA) is 29.3 Å². The zero-order valence-electron chi connectivity index (χ0n) is 13.5. The van der Waals surface area contributed by atoms with E-state index >= 15 is 0 Å². The van der Waals surface area contributed by atoms with E-state index in [-0.39, 0.29) is 0 Å². The molecular formula is C17H34N2. The summed E-state index contributed by atoms with van der Waals surface area (Å²) in [5.74, 6) is 1.62. The largest absolute Gasteiger partial charge is 0.327 e. The molecule has 2 unspecified atom stereocenters. The van der Waals surface area contributed by atoms with Gasteiger partial charge in [-0.05, 0) is 55.9 Å². The highest BCUT2D eigenvalue weighted by Gasteiger charge is 2.35. The predicted octanol–water partition coefficient (Wildman–Crippen LogP) is 3.65. The summed E-state index contributed by atoms with van der Waals surface area (Å²) >= 11 is 0. The molecule has 1 saturated heterocycles. The van der Waals surface area contributed by atoms with Gasteiger partial charge in [-0.3, -0.25) is 0 Å². The molecule has 0 bridgehead atoms. The second-order valence-corrected chi connectivity index (χ2v) is 7.77. The monoisotopic (exact) mass is 266 g/mol. The van der Waals surface area contributed by atoms with Crippen LogP contribution in [0.5, 0.6) is 0 Å². The molecule has 1 aliphatic carbocycles. The maximum Gasteiger partial charge on any atom is 0.00956 e. The molecular weight excluding hydrogens is 232 g/mol. The third kappa shape index (κ3) is 3.52. The SMILES string of the molecule is CCC(C)(C)C1CCC(N2CCC(N)C(C)C2)CC1. The summed E-state index contributed by atoms with van der Waals surface area (Å²) in [6.07, 6.45) is 8.20. The van der Waals surface area contributed by atoms with E-state index in [0.717, 1.165) is 12.0 Å². The lowest BCUT2D eigenvalue weighted by atomic mass is 9.68. The number of nitrogens with two attached hydrogens (primary N) is 1. The van der Waals surface area contributed by atoms with Crippen molar-refractivity contribution < 1.29 is 0 Å². The van der Waals surface area contributed by atoms with Crippen molar-refractivity contribution in [1.82, 2.24) is 4.90 Å². The van der Waals surface area contributed by atoms with Gasteiger partial charge in [-0.25, -0.2) is 0 Å². The maximum atomic E-state index is 6.14. The van der Waals surface area contributed by atoms with Gasteiger partial charge in [0, 0.05) is 18.6 Å². The third-order valence-corrected chi connectivity index (χ3v) is 6.23. The molecule has 0 aromatic carbocycles. The first-order valence-corrected chi connectivity index (χ1v) is 8.43. The molecule has 2 aliphatic rings. The molecule has 1 aliphatic heterocycles. The smallest absolute Gasteiger partial charge is 0.00956 e. The lowest BCUT2D eigenvalue weighted by Crippen LogP contribution is -2.50. The van der Waals surface area contributed by atoms with Crippen molar-refractivity contribution in [2.75, 3.05) is 13.1 Å². The van der Waals surface area contributed by atoms with Crippen LogP contribution in [0.2, 0.25) is 0 Å². The number of nitrogens with zero attached hydrogens (tertiary/aromatic N) is 1. The van der Waals surface area contributed by atoms with Crippen LogP contribution in [-0.4, -0.2) is 30.1 Å². The van der Waals surface area contributed by atoms with E-state index < -0.39 is 0 Å². The van der Waals surface area contributed by atoms with Crippen LogP contribution in [0.25, 0.3) is 0 Å². The van der Waals surface area contributed by atoms with Crippen LogP contribution in [0.3, 0.4) is 0 Å². The molecule has 0 aromatic heterocycles. The van der Waals surface area contributed by atoms with Gasteiger partial charge >= 0.3 is 0 Å². The molecule has 19 heavy (non-hydrogen) atoms. The van der Waals surface area contributed by atoms with E-state index in [0.29, 0.717) is 17.4 Å². The molecule has 0 amide bonds. The Bertz CT molecular complexity index is 279. The standard InChI is InChI=1S/C17H34N2/c1-5-17(3,4)14-6-8-15(9-7-14)19-11-10-16(18)13(2)12-19/h13-16H,5-12,18H2,1-4H3. The van der Waals surface area contributed by atoms with Crippen molar-refractivity contribution >= 4 is 0 Å². The molecule has 1 heterocycles. The fourth-order valence-electron chi connectivity index (χ4n) is 4.04. The summed E-state index contributed by atoms with van der Waals surface area (Å²) < 4.78 is 0.